The summed E-state index contributed by atoms with van der Waals surface area (Å²) in [6.07, 6.45) is 0. The molecule has 0 aliphatic rings. The summed E-state index contributed by atoms with van der Waals surface area (Å²) in [6, 6.07) is 3.12. The third-order valence-corrected chi connectivity index (χ3v) is 0.659. The Morgan fingerprint density at radius 2 is 1.88 bits per heavy atom. The zero-order valence-electron chi connectivity index (χ0n) is 4.34. The van der Waals surface area contributed by atoms with E-state index in [1.807, 2.05) is 0 Å². The van der Waals surface area contributed by atoms with Gasteiger partial charge in [-0.3, -0.25) is 0 Å². The maximum absolute atomic E-state index is 8.10. The molecule has 4 nitrogen and oxygen atoms in total. The van der Waals surface area contributed by atoms with Crippen molar-refractivity contribution in [2.24, 2.45) is 5.11 Å². The van der Waals surface area contributed by atoms with E-state index in [-0.39, 0.29) is 0 Å². The quantitative estimate of drug-likeness (QED) is 0.504. The molecule has 1 N–H and O–H groups in total. The van der Waals surface area contributed by atoms with Gasteiger partial charge in [-0.2, -0.15) is 15.6 Å². The highest BCUT2D eigenvalue weighted by atomic mass is 15.0. The molecule has 0 saturated heterocycles. The smallest absolute Gasteiger partial charge is 0.207 e. The van der Waals surface area contributed by atoms with Crippen molar-refractivity contribution < 1.29 is 0 Å². The van der Waals surface area contributed by atoms with Crippen LogP contribution in [0.2, 0.25) is 0 Å². The van der Waals surface area contributed by atoms with Crippen LogP contribution in [0.1, 0.15) is 6.92 Å². The Labute approximate surface area is 46.9 Å². The zero-order chi connectivity index (χ0) is 6.62. The van der Waals surface area contributed by atoms with Crippen molar-refractivity contribution in [2.75, 3.05) is 0 Å². The molecule has 0 fully saturated rings. The van der Waals surface area contributed by atoms with Gasteiger partial charge in [-0.05, 0) is 6.92 Å². The molecule has 0 rings (SSSR count). The average molecular weight is 108 g/mol. The normalized spacial score (nSPS) is 8.88. The SMILES string of the molecule is CC(C#N)(C#N)N=N. The van der Waals surface area contributed by atoms with E-state index in [2.05, 4.69) is 5.11 Å². The summed E-state index contributed by atoms with van der Waals surface area (Å²) in [4.78, 5) is 0. The molecule has 0 aromatic heterocycles. The van der Waals surface area contributed by atoms with Gasteiger partial charge in [-0.15, -0.1) is 0 Å². The number of hydrogen-bond donors (Lipinski definition) is 1. The molecule has 0 amide bonds. The van der Waals surface area contributed by atoms with Gasteiger partial charge in [0, 0.05) is 0 Å². The topological polar surface area (TPSA) is 83.8 Å². The molecule has 0 aromatic carbocycles. The van der Waals surface area contributed by atoms with Gasteiger partial charge in [-0.1, -0.05) is 0 Å². The van der Waals surface area contributed by atoms with Crippen molar-refractivity contribution in [3.05, 3.63) is 0 Å². The van der Waals surface area contributed by atoms with Gasteiger partial charge in [0.2, 0.25) is 5.54 Å². The first kappa shape index (κ1) is 6.58. The molecule has 0 atom stereocenters. The Kier molecular flexibility index (Phi) is 1.68. The minimum absolute atomic E-state index is 1.28. The van der Waals surface area contributed by atoms with Crippen LogP contribution in [0, 0.1) is 28.2 Å². The summed E-state index contributed by atoms with van der Waals surface area (Å²) < 4.78 is 0. The van der Waals surface area contributed by atoms with Gasteiger partial charge in [0.25, 0.3) is 0 Å². The first-order valence-electron chi connectivity index (χ1n) is 1.89. The summed E-state index contributed by atoms with van der Waals surface area (Å²) in [5.74, 6) is 0. The molecule has 40 valence electrons. The second-order valence-electron chi connectivity index (χ2n) is 1.41. The van der Waals surface area contributed by atoms with Crippen LogP contribution in [0.3, 0.4) is 0 Å². The van der Waals surface area contributed by atoms with Crippen molar-refractivity contribution in [2.45, 2.75) is 12.5 Å². The summed E-state index contributed by atoms with van der Waals surface area (Å²) in [5, 5.41) is 19.0. The maximum Gasteiger partial charge on any atom is 0.248 e. The first-order valence-corrected chi connectivity index (χ1v) is 1.89. The van der Waals surface area contributed by atoms with Crippen molar-refractivity contribution in [1.82, 2.24) is 0 Å². The lowest BCUT2D eigenvalue weighted by Crippen LogP contribution is -2.13. The fourth-order valence-electron chi connectivity index (χ4n) is 0.0750. The molecular formula is C4H4N4. The number of hydrogen-bond acceptors (Lipinski definition) is 4. The highest BCUT2D eigenvalue weighted by Crippen LogP contribution is 2.03. The Hall–Kier alpha value is -1.42. The number of nitriles is 2. The number of nitrogens with zero attached hydrogens (tertiary/aromatic N) is 3. The first-order chi connectivity index (χ1) is 3.68. The van der Waals surface area contributed by atoms with Gasteiger partial charge < -0.3 is 0 Å². The van der Waals surface area contributed by atoms with Crippen LogP contribution in [-0.4, -0.2) is 5.54 Å². The molecular weight excluding hydrogens is 104 g/mol. The Balaban J connectivity index is 4.34. The van der Waals surface area contributed by atoms with E-state index in [0.717, 1.165) is 0 Å². The minimum Gasteiger partial charge on any atom is -0.207 e. The van der Waals surface area contributed by atoms with E-state index in [1.54, 1.807) is 12.1 Å². The third-order valence-electron chi connectivity index (χ3n) is 0.659. The lowest BCUT2D eigenvalue weighted by atomic mass is 10.1. The van der Waals surface area contributed by atoms with Gasteiger partial charge in [-0.25, -0.2) is 5.53 Å². The van der Waals surface area contributed by atoms with Crippen LogP contribution in [0.5, 0.6) is 0 Å². The van der Waals surface area contributed by atoms with Gasteiger partial charge >= 0.3 is 0 Å². The second kappa shape index (κ2) is 2.04. The highest BCUT2D eigenvalue weighted by Gasteiger charge is 2.20. The minimum atomic E-state index is -1.47. The predicted molar refractivity (Wildman–Crippen MR) is 24.8 cm³/mol. The lowest BCUT2D eigenvalue weighted by Gasteiger charge is -1.97. The van der Waals surface area contributed by atoms with E-state index in [0.29, 0.717) is 0 Å². The van der Waals surface area contributed by atoms with E-state index in [9.17, 15) is 0 Å². The summed E-state index contributed by atoms with van der Waals surface area (Å²) in [7, 11) is 0. The van der Waals surface area contributed by atoms with E-state index in [1.165, 1.54) is 6.92 Å². The average Bonchev–Trinajstić information content (AvgIpc) is 1.87. The Morgan fingerprint density at radius 1 is 1.50 bits per heavy atom. The highest BCUT2D eigenvalue weighted by molar-refractivity contribution is 5.18. The van der Waals surface area contributed by atoms with Gasteiger partial charge in [0.1, 0.15) is 12.1 Å². The van der Waals surface area contributed by atoms with Gasteiger partial charge in [0.15, 0.2) is 0 Å². The molecule has 0 spiro atoms. The van der Waals surface area contributed by atoms with Crippen LogP contribution < -0.4 is 0 Å². The van der Waals surface area contributed by atoms with Crippen LogP contribution in [-0.2, 0) is 0 Å². The second-order valence-corrected chi connectivity index (χ2v) is 1.41. The standard InChI is InChI=1S/C4H4N4/c1-4(2-5,3-6)8-7/h7H,1H3. The third kappa shape index (κ3) is 1.02. The van der Waals surface area contributed by atoms with Crippen LogP contribution >= 0.6 is 0 Å². The van der Waals surface area contributed by atoms with E-state index >= 15 is 0 Å². The monoisotopic (exact) mass is 108 g/mol. The van der Waals surface area contributed by atoms with E-state index in [4.69, 9.17) is 16.1 Å². The van der Waals surface area contributed by atoms with Crippen LogP contribution in [0.25, 0.3) is 0 Å². The Morgan fingerprint density at radius 3 is 1.88 bits per heavy atom. The summed E-state index contributed by atoms with van der Waals surface area (Å²) >= 11 is 0. The molecule has 0 radical (unpaired) electrons. The van der Waals surface area contributed by atoms with Gasteiger partial charge in [0.05, 0.1) is 0 Å². The van der Waals surface area contributed by atoms with Crippen molar-refractivity contribution in [3.63, 3.8) is 0 Å². The van der Waals surface area contributed by atoms with Crippen molar-refractivity contribution in [3.8, 4) is 12.1 Å². The molecule has 0 saturated carbocycles. The molecule has 4 heteroatoms. The largest absolute Gasteiger partial charge is 0.248 e. The Bertz CT molecular complexity index is 155. The van der Waals surface area contributed by atoms with Crippen LogP contribution in [0.4, 0.5) is 0 Å². The number of nitrogens with one attached hydrogen (secondary N) is 1. The molecule has 0 unspecified atom stereocenters. The lowest BCUT2D eigenvalue weighted by molar-refractivity contribution is 0.694. The van der Waals surface area contributed by atoms with Crippen molar-refractivity contribution >= 4 is 0 Å². The molecule has 0 aromatic rings. The zero-order valence-corrected chi connectivity index (χ0v) is 4.34. The van der Waals surface area contributed by atoms with Crippen LogP contribution in [0.15, 0.2) is 5.11 Å². The predicted octanol–water partition coefficient (Wildman–Crippen LogP) is 0.823. The maximum atomic E-state index is 8.10. The van der Waals surface area contributed by atoms with E-state index < -0.39 is 5.54 Å². The number of rotatable bonds is 1. The van der Waals surface area contributed by atoms with Crippen molar-refractivity contribution in [1.29, 1.82) is 16.1 Å². The fourth-order valence-corrected chi connectivity index (χ4v) is 0.0750. The molecule has 0 heterocycles. The summed E-state index contributed by atoms with van der Waals surface area (Å²) in [6.45, 7) is 1.28. The molecule has 0 aliphatic carbocycles. The molecule has 0 aliphatic heterocycles. The molecule has 8 heavy (non-hydrogen) atoms. The fraction of sp³-hybridized carbons (Fsp3) is 0.500. The summed E-state index contributed by atoms with van der Waals surface area (Å²) in [5.41, 5.74) is 4.86. The molecule has 0 bridgehead atoms.